The highest BCUT2D eigenvalue weighted by Crippen LogP contribution is 2.27. The van der Waals surface area contributed by atoms with Crippen LogP contribution >= 0.6 is 0 Å². The van der Waals surface area contributed by atoms with E-state index < -0.39 is 21.7 Å². The Morgan fingerprint density at radius 3 is 2.55 bits per heavy atom. The monoisotopic (exact) mass is 324 g/mol. The highest BCUT2D eigenvalue weighted by molar-refractivity contribution is 7.92. The third-order valence-corrected chi connectivity index (χ3v) is 4.56. The highest BCUT2D eigenvalue weighted by atomic mass is 32.2. The Labute approximate surface area is 125 Å². The summed E-state index contributed by atoms with van der Waals surface area (Å²) in [6.07, 6.45) is 0.163. The zero-order valence-electron chi connectivity index (χ0n) is 11.1. The van der Waals surface area contributed by atoms with E-state index in [0.29, 0.717) is 17.3 Å². The topological polar surface area (TPSA) is 75.3 Å². The van der Waals surface area contributed by atoms with Gasteiger partial charge in [0.05, 0.1) is 11.3 Å². The minimum atomic E-state index is -4.05. The first kappa shape index (κ1) is 14.5. The number of hydrogen-bond donors (Lipinski definition) is 2. The molecule has 2 aromatic rings. The maximum Gasteiger partial charge on any atom is 0.261 e. The molecule has 2 aromatic carbocycles. The van der Waals surface area contributed by atoms with E-state index in [0.717, 1.165) is 12.1 Å². The number of carbonyl (C=O) groups excluding carboxylic acids is 1. The Balaban J connectivity index is 1.90. The lowest BCUT2D eigenvalue weighted by atomic mass is 10.1. The molecule has 0 fully saturated rings. The SMILES string of the molecule is O=C1Cc2cc(NS(=O)(=O)c3ccc(F)c(F)c3)ccc2N1. The Bertz CT molecular complexity index is 882. The Hall–Kier alpha value is -2.48. The molecule has 0 spiro atoms. The average molecular weight is 324 g/mol. The molecule has 22 heavy (non-hydrogen) atoms. The Morgan fingerprint density at radius 1 is 1.05 bits per heavy atom. The minimum Gasteiger partial charge on any atom is -0.326 e. The minimum absolute atomic E-state index is 0.163. The van der Waals surface area contributed by atoms with E-state index >= 15 is 0 Å². The zero-order chi connectivity index (χ0) is 15.9. The van der Waals surface area contributed by atoms with E-state index in [4.69, 9.17) is 0 Å². The van der Waals surface area contributed by atoms with Crippen molar-refractivity contribution in [2.75, 3.05) is 10.0 Å². The van der Waals surface area contributed by atoms with Crippen LogP contribution in [0.25, 0.3) is 0 Å². The van der Waals surface area contributed by atoms with Crippen molar-refractivity contribution in [1.82, 2.24) is 0 Å². The fourth-order valence-corrected chi connectivity index (χ4v) is 3.21. The summed E-state index contributed by atoms with van der Waals surface area (Å²) in [5, 5.41) is 2.63. The van der Waals surface area contributed by atoms with E-state index in [1.807, 2.05) is 0 Å². The summed E-state index contributed by atoms with van der Waals surface area (Å²) in [6, 6.07) is 6.89. The van der Waals surface area contributed by atoms with Gasteiger partial charge >= 0.3 is 0 Å². The van der Waals surface area contributed by atoms with Crippen LogP contribution in [-0.4, -0.2) is 14.3 Å². The molecule has 3 rings (SSSR count). The number of carbonyl (C=O) groups is 1. The van der Waals surface area contributed by atoms with Crippen LogP contribution in [0.3, 0.4) is 0 Å². The quantitative estimate of drug-likeness (QED) is 0.909. The van der Waals surface area contributed by atoms with Gasteiger partial charge in [0.2, 0.25) is 5.91 Å². The van der Waals surface area contributed by atoms with Crippen LogP contribution in [0.15, 0.2) is 41.3 Å². The molecule has 0 radical (unpaired) electrons. The third-order valence-electron chi connectivity index (χ3n) is 3.18. The first-order chi connectivity index (χ1) is 10.3. The van der Waals surface area contributed by atoms with Crippen LogP contribution in [0.5, 0.6) is 0 Å². The van der Waals surface area contributed by atoms with E-state index in [1.54, 1.807) is 6.07 Å². The lowest BCUT2D eigenvalue weighted by molar-refractivity contribution is -0.115. The first-order valence-corrected chi connectivity index (χ1v) is 7.74. The summed E-state index contributed by atoms with van der Waals surface area (Å²) in [4.78, 5) is 10.9. The molecule has 5 nitrogen and oxygen atoms in total. The molecular formula is C14H10F2N2O3S. The molecule has 0 atom stereocenters. The number of hydrogen-bond acceptors (Lipinski definition) is 3. The van der Waals surface area contributed by atoms with Crippen LogP contribution in [0.1, 0.15) is 5.56 Å². The number of nitrogens with one attached hydrogen (secondary N) is 2. The van der Waals surface area contributed by atoms with Gasteiger partial charge in [-0.1, -0.05) is 0 Å². The van der Waals surface area contributed by atoms with Crippen molar-refractivity contribution >= 4 is 27.3 Å². The number of benzene rings is 2. The highest BCUT2D eigenvalue weighted by Gasteiger charge is 2.20. The van der Waals surface area contributed by atoms with Crippen LogP contribution in [-0.2, 0) is 21.2 Å². The Kier molecular flexibility index (Phi) is 3.32. The second-order valence-electron chi connectivity index (χ2n) is 4.78. The second kappa shape index (κ2) is 5.06. The van der Waals surface area contributed by atoms with Crippen molar-refractivity contribution in [2.45, 2.75) is 11.3 Å². The Morgan fingerprint density at radius 2 is 1.82 bits per heavy atom. The third kappa shape index (κ3) is 2.64. The summed E-state index contributed by atoms with van der Waals surface area (Å²) in [7, 11) is -4.05. The standard InChI is InChI=1S/C14H10F2N2O3S/c15-11-3-2-10(7-12(11)16)22(20,21)18-9-1-4-13-8(5-9)6-14(19)17-13/h1-5,7,18H,6H2,(H,17,19). The molecule has 0 aromatic heterocycles. The fourth-order valence-electron chi connectivity index (χ4n) is 2.15. The maximum atomic E-state index is 13.2. The fraction of sp³-hybridized carbons (Fsp3) is 0.0714. The number of rotatable bonds is 3. The van der Waals surface area contributed by atoms with Gasteiger partial charge in [-0.25, -0.2) is 17.2 Å². The van der Waals surface area contributed by atoms with Gasteiger partial charge in [0.25, 0.3) is 10.0 Å². The normalized spacial score (nSPS) is 13.6. The predicted molar refractivity (Wildman–Crippen MR) is 75.9 cm³/mol. The summed E-state index contributed by atoms with van der Waals surface area (Å²) in [6.45, 7) is 0. The average Bonchev–Trinajstić information content (AvgIpc) is 2.80. The molecule has 0 aliphatic carbocycles. The maximum absolute atomic E-state index is 13.2. The van der Waals surface area contributed by atoms with Gasteiger partial charge in [0.1, 0.15) is 0 Å². The molecule has 1 aliphatic heterocycles. The van der Waals surface area contributed by atoms with E-state index in [9.17, 15) is 22.0 Å². The van der Waals surface area contributed by atoms with Crippen molar-refractivity contribution in [3.63, 3.8) is 0 Å². The molecule has 0 saturated carbocycles. The van der Waals surface area contributed by atoms with Gasteiger partial charge in [-0.3, -0.25) is 9.52 Å². The van der Waals surface area contributed by atoms with E-state index in [-0.39, 0.29) is 22.9 Å². The van der Waals surface area contributed by atoms with Gasteiger partial charge in [-0.05, 0) is 42.0 Å². The van der Waals surface area contributed by atoms with Crippen molar-refractivity contribution in [3.05, 3.63) is 53.6 Å². The molecule has 2 N–H and O–H groups in total. The van der Waals surface area contributed by atoms with Gasteiger partial charge in [-0.2, -0.15) is 0 Å². The van der Waals surface area contributed by atoms with Gasteiger partial charge in [0, 0.05) is 11.4 Å². The summed E-state index contributed by atoms with van der Waals surface area (Å²) in [5.74, 6) is -2.54. The van der Waals surface area contributed by atoms with Crippen LogP contribution < -0.4 is 10.0 Å². The molecule has 1 amide bonds. The van der Waals surface area contributed by atoms with Gasteiger partial charge < -0.3 is 5.32 Å². The number of amides is 1. The smallest absolute Gasteiger partial charge is 0.261 e. The molecule has 8 heteroatoms. The molecule has 114 valence electrons. The zero-order valence-corrected chi connectivity index (χ0v) is 11.9. The van der Waals surface area contributed by atoms with E-state index in [1.165, 1.54) is 12.1 Å². The summed E-state index contributed by atoms with van der Waals surface area (Å²) >= 11 is 0. The van der Waals surface area contributed by atoms with Crippen molar-refractivity contribution in [1.29, 1.82) is 0 Å². The molecular weight excluding hydrogens is 314 g/mol. The van der Waals surface area contributed by atoms with Crippen LogP contribution in [0.2, 0.25) is 0 Å². The predicted octanol–water partition coefficient (Wildman–Crippen LogP) is 2.26. The number of anilines is 2. The lowest BCUT2D eigenvalue weighted by Crippen LogP contribution is -2.13. The molecule has 1 aliphatic rings. The van der Waals surface area contributed by atoms with Crippen LogP contribution in [0.4, 0.5) is 20.2 Å². The van der Waals surface area contributed by atoms with Crippen molar-refractivity contribution in [3.8, 4) is 0 Å². The molecule has 0 bridgehead atoms. The largest absolute Gasteiger partial charge is 0.326 e. The lowest BCUT2D eigenvalue weighted by Gasteiger charge is -2.09. The second-order valence-corrected chi connectivity index (χ2v) is 6.46. The number of sulfonamides is 1. The van der Waals surface area contributed by atoms with Crippen molar-refractivity contribution in [2.24, 2.45) is 0 Å². The molecule has 0 saturated heterocycles. The molecule has 1 heterocycles. The van der Waals surface area contributed by atoms with Gasteiger partial charge in [-0.15, -0.1) is 0 Å². The van der Waals surface area contributed by atoms with Gasteiger partial charge in [0.15, 0.2) is 11.6 Å². The number of halogens is 2. The van der Waals surface area contributed by atoms with E-state index in [2.05, 4.69) is 10.0 Å². The first-order valence-electron chi connectivity index (χ1n) is 6.26. The summed E-state index contributed by atoms with van der Waals surface area (Å²) in [5.41, 5.74) is 1.52. The molecule has 0 unspecified atom stereocenters. The number of fused-ring (bicyclic) bond motifs is 1. The van der Waals surface area contributed by atoms with Crippen LogP contribution in [0, 0.1) is 11.6 Å². The van der Waals surface area contributed by atoms with Crippen molar-refractivity contribution < 1.29 is 22.0 Å². The summed E-state index contributed by atoms with van der Waals surface area (Å²) < 4.78 is 52.6.